The van der Waals surface area contributed by atoms with E-state index in [4.69, 9.17) is 10.00 Å². The number of rotatable bonds is 3. The summed E-state index contributed by atoms with van der Waals surface area (Å²) in [4.78, 5) is 9.97. The second-order valence-corrected chi connectivity index (χ2v) is 3.76. The summed E-state index contributed by atoms with van der Waals surface area (Å²) in [5.74, 6) is -1.84. The van der Waals surface area contributed by atoms with Crippen LogP contribution in [0.4, 0.5) is 14.5 Å². The molecule has 0 spiro atoms. The van der Waals surface area contributed by atoms with Gasteiger partial charge in [-0.15, -0.1) is 0 Å². The molecule has 100 valence electrons. The van der Waals surface area contributed by atoms with E-state index in [1.54, 1.807) is 6.07 Å². The molecule has 0 fully saturated rings. The van der Waals surface area contributed by atoms with Crippen molar-refractivity contribution >= 4 is 5.69 Å². The van der Waals surface area contributed by atoms with Crippen LogP contribution < -0.4 is 4.74 Å². The minimum absolute atomic E-state index is 0.00441. The van der Waals surface area contributed by atoms with Crippen LogP contribution in [0.2, 0.25) is 0 Å². The number of nitriles is 1. The maximum Gasteiger partial charge on any atom is 0.314 e. The molecule has 0 aliphatic carbocycles. The zero-order valence-electron chi connectivity index (χ0n) is 9.84. The monoisotopic (exact) mass is 276 g/mol. The van der Waals surface area contributed by atoms with E-state index in [0.29, 0.717) is 6.07 Å². The van der Waals surface area contributed by atoms with Gasteiger partial charge in [0.05, 0.1) is 22.6 Å². The van der Waals surface area contributed by atoms with Crippen LogP contribution in [0.1, 0.15) is 5.56 Å². The Balaban J connectivity index is 2.42. The maximum atomic E-state index is 13.2. The lowest BCUT2D eigenvalue weighted by Gasteiger charge is -2.06. The van der Waals surface area contributed by atoms with Crippen molar-refractivity contribution in [2.24, 2.45) is 0 Å². The number of nitrogens with zero attached hydrogens (tertiary/aromatic N) is 2. The summed E-state index contributed by atoms with van der Waals surface area (Å²) in [5.41, 5.74) is -0.586. The number of halogens is 2. The molecule has 7 heteroatoms. The standard InChI is InChI=1S/C13H6F2N2O3/c14-9-1-2-13(12(6-9)17(18)19)20-11-4-8(7-16)3-10(15)5-11/h1-6H. The summed E-state index contributed by atoms with van der Waals surface area (Å²) in [7, 11) is 0. The third-order valence-electron chi connectivity index (χ3n) is 2.35. The van der Waals surface area contributed by atoms with Gasteiger partial charge in [0.15, 0.2) is 0 Å². The van der Waals surface area contributed by atoms with Crippen LogP contribution in [0.15, 0.2) is 36.4 Å². The van der Waals surface area contributed by atoms with Crippen LogP contribution in [0.5, 0.6) is 11.5 Å². The first-order valence-corrected chi connectivity index (χ1v) is 5.32. The van der Waals surface area contributed by atoms with E-state index in [0.717, 1.165) is 24.3 Å². The van der Waals surface area contributed by atoms with Gasteiger partial charge in [-0.3, -0.25) is 10.1 Å². The molecule has 0 amide bonds. The van der Waals surface area contributed by atoms with Crippen LogP contribution >= 0.6 is 0 Å². The van der Waals surface area contributed by atoms with Gasteiger partial charge in [-0.05, 0) is 24.3 Å². The van der Waals surface area contributed by atoms with Crippen molar-refractivity contribution in [1.82, 2.24) is 0 Å². The molecule has 0 bridgehead atoms. The molecule has 5 nitrogen and oxygen atoms in total. The Morgan fingerprint density at radius 3 is 2.55 bits per heavy atom. The largest absolute Gasteiger partial charge is 0.450 e. The van der Waals surface area contributed by atoms with Crippen molar-refractivity contribution in [3.63, 3.8) is 0 Å². The van der Waals surface area contributed by atoms with Gasteiger partial charge in [-0.2, -0.15) is 5.26 Å². The zero-order valence-corrected chi connectivity index (χ0v) is 9.84. The summed E-state index contributed by atoms with van der Waals surface area (Å²) in [6, 6.07) is 7.64. The van der Waals surface area contributed by atoms with Crippen LogP contribution in [-0.2, 0) is 0 Å². The molecule has 0 aliphatic rings. The van der Waals surface area contributed by atoms with Gasteiger partial charge in [0.1, 0.15) is 17.4 Å². The third kappa shape index (κ3) is 2.87. The summed E-state index contributed by atoms with van der Waals surface area (Å²) >= 11 is 0. The molecule has 2 aromatic carbocycles. The molecule has 20 heavy (non-hydrogen) atoms. The SMILES string of the molecule is N#Cc1cc(F)cc(Oc2ccc(F)cc2[N+](=O)[O-])c1. The number of ether oxygens (including phenoxy) is 1. The van der Waals surface area contributed by atoms with Gasteiger partial charge in [-0.1, -0.05) is 0 Å². The Hall–Kier alpha value is -3.01. The van der Waals surface area contributed by atoms with Crippen molar-refractivity contribution in [3.8, 4) is 17.6 Å². The smallest absolute Gasteiger partial charge is 0.314 e. The van der Waals surface area contributed by atoms with Crippen LogP contribution in [0.25, 0.3) is 0 Å². The Bertz CT molecular complexity index is 726. The van der Waals surface area contributed by atoms with Gasteiger partial charge in [0.2, 0.25) is 5.75 Å². The molecule has 0 N–H and O–H groups in total. The second kappa shape index (κ2) is 5.32. The fourth-order valence-electron chi connectivity index (χ4n) is 1.53. The molecule has 0 radical (unpaired) electrons. The van der Waals surface area contributed by atoms with Crippen molar-refractivity contribution < 1.29 is 18.4 Å². The van der Waals surface area contributed by atoms with E-state index in [-0.39, 0.29) is 17.1 Å². The van der Waals surface area contributed by atoms with E-state index in [1.165, 1.54) is 6.07 Å². The van der Waals surface area contributed by atoms with Crippen LogP contribution in [-0.4, -0.2) is 4.92 Å². The van der Waals surface area contributed by atoms with Crippen LogP contribution in [0.3, 0.4) is 0 Å². The predicted octanol–water partition coefficient (Wildman–Crippen LogP) is 3.54. The lowest BCUT2D eigenvalue weighted by molar-refractivity contribution is -0.385. The fraction of sp³-hybridized carbons (Fsp3) is 0. The van der Waals surface area contributed by atoms with Gasteiger partial charge in [0.25, 0.3) is 0 Å². The molecular formula is C13H6F2N2O3. The average molecular weight is 276 g/mol. The Morgan fingerprint density at radius 1 is 1.15 bits per heavy atom. The van der Waals surface area contributed by atoms with E-state index in [1.807, 2.05) is 0 Å². The molecular weight excluding hydrogens is 270 g/mol. The first kappa shape index (κ1) is 13.4. The molecule has 0 saturated heterocycles. The lowest BCUT2D eigenvalue weighted by Crippen LogP contribution is -1.95. The highest BCUT2D eigenvalue weighted by molar-refractivity contribution is 5.49. The molecule has 0 atom stereocenters. The molecule has 2 aromatic rings. The number of hydrogen-bond donors (Lipinski definition) is 0. The first-order chi connectivity index (χ1) is 9.49. The highest BCUT2D eigenvalue weighted by Crippen LogP contribution is 2.32. The Kier molecular flexibility index (Phi) is 3.57. The topological polar surface area (TPSA) is 76.2 Å². The lowest BCUT2D eigenvalue weighted by atomic mass is 10.2. The van der Waals surface area contributed by atoms with Gasteiger partial charge in [-0.25, -0.2) is 8.78 Å². The fourth-order valence-corrected chi connectivity index (χ4v) is 1.53. The van der Waals surface area contributed by atoms with Gasteiger partial charge < -0.3 is 4.74 Å². The Morgan fingerprint density at radius 2 is 1.90 bits per heavy atom. The van der Waals surface area contributed by atoms with Gasteiger partial charge in [0, 0.05) is 6.07 Å². The van der Waals surface area contributed by atoms with E-state index in [2.05, 4.69) is 0 Å². The van der Waals surface area contributed by atoms with Crippen molar-refractivity contribution in [2.45, 2.75) is 0 Å². The summed E-state index contributed by atoms with van der Waals surface area (Å²) in [6.07, 6.45) is 0. The highest BCUT2D eigenvalue weighted by atomic mass is 19.1. The minimum atomic E-state index is -0.817. The molecule has 0 saturated carbocycles. The molecule has 0 heterocycles. The predicted molar refractivity (Wildman–Crippen MR) is 64.2 cm³/mol. The minimum Gasteiger partial charge on any atom is -0.450 e. The van der Waals surface area contributed by atoms with E-state index in [9.17, 15) is 18.9 Å². The quantitative estimate of drug-likeness (QED) is 0.634. The van der Waals surface area contributed by atoms with Crippen LogP contribution in [0, 0.1) is 33.1 Å². The molecule has 0 aliphatic heterocycles. The zero-order chi connectivity index (χ0) is 14.7. The average Bonchev–Trinajstić information content (AvgIpc) is 2.40. The highest BCUT2D eigenvalue weighted by Gasteiger charge is 2.17. The molecule has 2 rings (SSSR count). The van der Waals surface area contributed by atoms with Crippen molar-refractivity contribution in [1.29, 1.82) is 5.26 Å². The van der Waals surface area contributed by atoms with E-state index >= 15 is 0 Å². The normalized spacial score (nSPS) is 9.85. The van der Waals surface area contributed by atoms with Gasteiger partial charge >= 0.3 is 5.69 Å². The maximum absolute atomic E-state index is 13.2. The number of nitro groups is 1. The van der Waals surface area contributed by atoms with E-state index < -0.39 is 22.2 Å². The molecule has 0 unspecified atom stereocenters. The summed E-state index contributed by atoms with van der Waals surface area (Å²) < 4.78 is 31.3. The first-order valence-electron chi connectivity index (χ1n) is 5.32. The Labute approximate surface area is 111 Å². The number of hydrogen-bond acceptors (Lipinski definition) is 4. The second-order valence-electron chi connectivity index (χ2n) is 3.76. The van der Waals surface area contributed by atoms with Crippen molar-refractivity contribution in [3.05, 3.63) is 63.7 Å². The van der Waals surface area contributed by atoms with Crippen molar-refractivity contribution in [2.75, 3.05) is 0 Å². The third-order valence-corrected chi connectivity index (χ3v) is 2.35. The molecule has 0 aromatic heterocycles. The summed E-state index contributed by atoms with van der Waals surface area (Å²) in [5, 5.41) is 19.5. The number of benzene rings is 2. The number of nitro benzene ring substituents is 1. The summed E-state index contributed by atoms with van der Waals surface area (Å²) in [6.45, 7) is 0.